The molecule has 0 aromatic carbocycles. The second kappa shape index (κ2) is 12.6. The van der Waals surface area contributed by atoms with Gasteiger partial charge in [0.1, 0.15) is 7.82 Å². The van der Waals surface area contributed by atoms with Crippen LogP contribution in [0.2, 0.25) is 0 Å². The fourth-order valence-corrected chi connectivity index (χ4v) is 0.331. The third-order valence-corrected chi connectivity index (χ3v) is 0.605. The maximum Gasteiger partial charge on any atom is 0.407 e. The fourth-order valence-electron chi connectivity index (χ4n) is 0.110. The Morgan fingerprint density at radius 1 is 1.20 bits per heavy atom. The van der Waals surface area contributed by atoms with E-state index in [0.717, 1.165) is 0 Å². The van der Waals surface area contributed by atoms with Crippen molar-refractivity contribution in [1.29, 1.82) is 0 Å². The average Bonchev–Trinajstić information content (AvgIpc) is 1.52. The first-order chi connectivity index (χ1) is 5.15. The number of carbonyl (C=O) groups excluding carboxylic acids is 1. The van der Waals surface area contributed by atoms with E-state index < -0.39 is 20.1 Å². The van der Waals surface area contributed by atoms with Gasteiger partial charge in [-0.25, -0.2) is 4.79 Å². The Morgan fingerprint density at radius 2 is 1.40 bits per heavy atom. The van der Waals surface area contributed by atoms with Crippen LogP contribution >= 0.6 is 7.82 Å². The number of rotatable bonds is 1. The highest BCUT2D eigenvalue weighted by Crippen LogP contribution is 2.23. The normalized spacial score (nSPS) is 7.33. The molecule has 0 aromatic heterocycles. The van der Waals surface area contributed by atoms with Crippen LogP contribution in [0.1, 0.15) is 0 Å². The van der Waals surface area contributed by atoms with Gasteiger partial charge in [0.15, 0.2) is 0 Å². The summed E-state index contributed by atoms with van der Waals surface area (Å²) in [5.41, 5.74) is 4.15. The molecule has 0 saturated heterocycles. The first-order valence-corrected chi connectivity index (χ1v) is 3.52. The number of carbonyl (C=O) groups is 2. The lowest BCUT2D eigenvalue weighted by atomic mass is 11.3. The topological polar surface area (TPSA) is 285 Å². The Kier molecular flexibility index (Phi) is 24.5. The van der Waals surface area contributed by atoms with Gasteiger partial charge < -0.3 is 58.1 Å². The largest absolute Gasteiger partial charge is 0.780 e. The molecule has 13 heteroatoms. The Labute approximate surface area is 84.0 Å². The van der Waals surface area contributed by atoms with Gasteiger partial charge in [-0.1, -0.05) is 0 Å². The number of hydrogen-bond acceptors (Lipinski definition) is 7. The van der Waals surface area contributed by atoms with Crippen molar-refractivity contribution in [1.82, 2.24) is 18.5 Å². The fraction of sp³-hybridized carbons (Fsp3) is 0. The number of primary amides is 1. The number of phosphoric ester groups is 1. The van der Waals surface area contributed by atoms with Gasteiger partial charge in [0, 0.05) is 0 Å². The van der Waals surface area contributed by atoms with Crippen LogP contribution in [0.4, 0.5) is 9.59 Å². The van der Waals surface area contributed by atoms with Crippen molar-refractivity contribution in [3.63, 3.8) is 0 Å². The SMILES string of the molecule is NC(=O)OP(=O)([O-])[O-].O=C([O-])O.[NH4+].[NH4+].[NH4+]. The van der Waals surface area contributed by atoms with Crippen molar-refractivity contribution in [3.05, 3.63) is 0 Å². The second-order valence-corrected chi connectivity index (χ2v) is 2.20. The minimum absolute atomic E-state index is 0. The van der Waals surface area contributed by atoms with Crippen LogP contribution in [0.25, 0.3) is 0 Å². The molecule has 15 heavy (non-hydrogen) atoms. The molecule has 96 valence electrons. The zero-order chi connectivity index (χ0) is 10.4. The van der Waals surface area contributed by atoms with Crippen molar-refractivity contribution in [3.8, 4) is 0 Å². The second-order valence-electron chi connectivity index (χ2n) is 1.12. The first-order valence-electron chi connectivity index (χ1n) is 2.06. The molecule has 12 nitrogen and oxygen atoms in total. The molecule has 0 aliphatic heterocycles. The number of nitrogens with two attached hydrogens (primary N) is 1. The maximum absolute atomic E-state index is 9.44. The van der Waals surface area contributed by atoms with Crippen molar-refractivity contribution >= 4 is 20.1 Å². The molecule has 0 rings (SSSR count). The van der Waals surface area contributed by atoms with E-state index in [-0.39, 0.29) is 18.5 Å². The first kappa shape index (κ1) is 29.2. The summed E-state index contributed by atoms with van der Waals surface area (Å²) in [5.74, 6) is 0. The summed E-state index contributed by atoms with van der Waals surface area (Å²) >= 11 is 0. The monoisotopic (exact) mass is 254 g/mol. The summed E-state index contributed by atoms with van der Waals surface area (Å²) in [6, 6.07) is 0. The number of phosphoric acid groups is 1. The molecule has 0 unspecified atom stereocenters. The van der Waals surface area contributed by atoms with Crippen molar-refractivity contribution in [2.45, 2.75) is 0 Å². The van der Waals surface area contributed by atoms with Gasteiger partial charge in [-0.15, -0.1) is 0 Å². The molecular weight excluding hydrogens is 239 g/mol. The molecule has 0 aromatic rings. The molecule has 0 spiro atoms. The van der Waals surface area contributed by atoms with Gasteiger partial charge in [-0.05, 0) is 0 Å². The van der Waals surface area contributed by atoms with Gasteiger partial charge in [0.05, 0.1) is 0 Å². The number of quaternary nitrogens is 3. The van der Waals surface area contributed by atoms with Crippen molar-refractivity contribution in [2.24, 2.45) is 5.73 Å². The molecule has 0 atom stereocenters. The Hall–Kier alpha value is -1.43. The Morgan fingerprint density at radius 3 is 1.40 bits per heavy atom. The van der Waals surface area contributed by atoms with Gasteiger partial charge in [-0.3, -0.25) is 0 Å². The van der Waals surface area contributed by atoms with E-state index in [0.29, 0.717) is 0 Å². The summed E-state index contributed by atoms with van der Waals surface area (Å²) in [7, 11) is -5.20. The zero-order valence-corrected chi connectivity index (χ0v) is 9.22. The maximum atomic E-state index is 9.44. The number of carboxylic acid groups (broad SMARTS) is 2. The summed E-state index contributed by atoms with van der Waals surface area (Å²) in [6.45, 7) is 0. The molecular formula is C2H15N4O8P. The smallest absolute Gasteiger partial charge is 0.407 e. The van der Waals surface area contributed by atoms with Crippen LogP contribution in [-0.2, 0) is 9.09 Å². The van der Waals surface area contributed by atoms with Gasteiger partial charge >= 0.3 is 6.09 Å². The molecule has 0 radical (unpaired) electrons. The zero-order valence-electron chi connectivity index (χ0n) is 8.33. The van der Waals surface area contributed by atoms with E-state index in [9.17, 15) is 19.1 Å². The third-order valence-electron chi connectivity index (χ3n) is 0.202. The Balaban J connectivity index is -0.0000000424. The molecule has 0 fully saturated rings. The van der Waals surface area contributed by atoms with E-state index in [1.54, 1.807) is 0 Å². The molecule has 15 N–H and O–H groups in total. The minimum Gasteiger partial charge on any atom is -0.780 e. The molecule has 0 aliphatic rings. The lowest BCUT2D eigenvalue weighted by Crippen LogP contribution is -2.22. The Bertz CT molecular complexity index is 209. The molecule has 0 heterocycles. The van der Waals surface area contributed by atoms with Crippen molar-refractivity contribution in [2.75, 3.05) is 0 Å². The summed E-state index contributed by atoms with van der Waals surface area (Å²) in [6.07, 6.45) is -3.70. The lowest BCUT2D eigenvalue weighted by molar-refractivity contribution is -0.336. The van der Waals surface area contributed by atoms with Crippen LogP contribution in [0.15, 0.2) is 0 Å². The molecule has 1 amide bonds. The average molecular weight is 254 g/mol. The van der Waals surface area contributed by atoms with Gasteiger partial charge in [0.25, 0.3) is 0 Å². The standard InChI is InChI=1S/CH4NO5P.CH2O3.3H3N/c2-1(3)7-8(4,5)6;2-1(3)4;;;/h(H2,2,3)(H2,4,5,6);(H2,2,3,4);3*1H3. The van der Waals surface area contributed by atoms with E-state index in [1.807, 2.05) is 0 Å². The third kappa shape index (κ3) is 110. The van der Waals surface area contributed by atoms with Crippen LogP contribution < -0.4 is 39.1 Å². The number of hydrogen-bond donors (Lipinski definition) is 5. The van der Waals surface area contributed by atoms with E-state index in [4.69, 9.17) is 15.0 Å². The summed E-state index contributed by atoms with van der Waals surface area (Å²) in [5, 5.41) is 15.3. The molecule has 0 saturated carbocycles. The van der Waals surface area contributed by atoms with Crippen LogP contribution in [0.5, 0.6) is 0 Å². The summed E-state index contributed by atoms with van der Waals surface area (Å²) < 4.78 is 12.4. The van der Waals surface area contributed by atoms with E-state index in [2.05, 4.69) is 10.3 Å². The van der Waals surface area contributed by atoms with E-state index in [1.165, 1.54) is 0 Å². The summed E-state index contributed by atoms with van der Waals surface area (Å²) in [4.78, 5) is 36.7. The van der Waals surface area contributed by atoms with Gasteiger partial charge in [0.2, 0.25) is 6.16 Å². The van der Waals surface area contributed by atoms with Crippen molar-refractivity contribution < 1.29 is 38.7 Å². The quantitative estimate of drug-likeness (QED) is 0.322. The minimum atomic E-state index is -5.20. The predicted molar refractivity (Wildman–Crippen MR) is 44.3 cm³/mol. The number of amides is 1. The van der Waals surface area contributed by atoms with Gasteiger partial charge in [-0.2, -0.15) is 0 Å². The lowest BCUT2D eigenvalue weighted by Gasteiger charge is -2.25. The molecule has 0 aliphatic carbocycles. The van der Waals surface area contributed by atoms with Crippen LogP contribution in [-0.4, -0.2) is 17.4 Å². The highest BCUT2D eigenvalue weighted by Gasteiger charge is 1.93. The van der Waals surface area contributed by atoms with E-state index >= 15 is 0 Å². The van der Waals surface area contributed by atoms with Crippen LogP contribution in [0.3, 0.4) is 0 Å². The highest BCUT2D eigenvalue weighted by atomic mass is 31.2. The predicted octanol–water partition coefficient (Wildman–Crippen LogP) is -2.07. The highest BCUT2D eigenvalue weighted by molar-refractivity contribution is 7.43. The van der Waals surface area contributed by atoms with Crippen LogP contribution in [0, 0.1) is 0 Å². The molecule has 0 bridgehead atoms.